The number of halogens is 2. The van der Waals surface area contributed by atoms with Crippen LogP contribution in [0.4, 0.5) is 14.5 Å². The minimum atomic E-state index is -0.895. The van der Waals surface area contributed by atoms with Crippen LogP contribution in [0.2, 0.25) is 0 Å². The van der Waals surface area contributed by atoms with Gasteiger partial charge in [-0.15, -0.1) is 0 Å². The summed E-state index contributed by atoms with van der Waals surface area (Å²) < 4.78 is 39.9. The maximum Gasteiger partial charge on any atom is 0.261 e. The molecule has 1 atom stereocenters. The van der Waals surface area contributed by atoms with Crippen LogP contribution in [0.1, 0.15) is 97.3 Å². The maximum absolute atomic E-state index is 15.3. The van der Waals surface area contributed by atoms with Gasteiger partial charge in [0.05, 0.1) is 36.0 Å². The molecule has 14 nitrogen and oxygen atoms in total. The summed E-state index contributed by atoms with van der Waals surface area (Å²) in [6.07, 6.45) is 11.3. The minimum absolute atomic E-state index is 0.0254. The summed E-state index contributed by atoms with van der Waals surface area (Å²) >= 11 is 0. The van der Waals surface area contributed by atoms with E-state index in [-0.39, 0.29) is 60.3 Å². The quantitative estimate of drug-likeness (QED) is 0.201. The number of ether oxygens (including phenoxy) is 1. The lowest BCUT2D eigenvalue weighted by atomic mass is 9.85. The third kappa shape index (κ3) is 7.57. The molecular weight excluding hydrogens is 724 g/mol. The van der Waals surface area contributed by atoms with Gasteiger partial charge >= 0.3 is 0 Å². The first kappa shape index (κ1) is 37.2. The molecule has 0 spiro atoms. The Morgan fingerprint density at radius 3 is 2.45 bits per heavy atom. The number of fused-ring (bicyclic) bond motifs is 2. The Morgan fingerprint density at radius 2 is 1.70 bits per heavy atom. The zero-order chi connectivity index (χ0) is 39.1. The molecule has 0 aliphatic carbocycles. The molecule has 56 heavy (non-hydrogen) atoms. The van der Waals surface area contributed by atoms with Crippen molar-refractivity contribution in [3.63, 3.8) is 0 Å². The number of aromatic nitrogens is 5. The average Bonchev–Trinajstić information content (AvgIpc) is 3.79. The van der Waals surface area contributed by atoms with Crippen molar-refractivity contribution < 1.29 is 32.7 Å². The van der Waals surface area contributed by atoms with E-state index in [9.17, 15) is 19.2 Å². The van der Waals surface area contributed by atoms with Crippen LogP contribution in [0.3, 0.4) is 0 Å². The number of nitrogens with one attached hydrogen (secondary N) is 2. The molecule has 3 saturated heterocycles. The van der Waals surface area contributed by atoms with Crippen molar-refractivity contribution in [1.29, 1.82) is 0 Å². The number of amides is 4. The molecule has 3 aliphatic heterocycles. The van der Waals surface area contributed by atoms with Crippen LogP contribution in [0.25, 0.3) is 11.3 Å². The molecule has 5 aromatic rings. The molecule has 0 bridgehead atoms. The van der Waals surface area contributed by atoms with Gasteiger partial charge in [0, 0.05) is 61.8 Å². The number of imidazole rings is 1. The lowest BCUT2D eigenvalue weighted by Crippen LogP contribution is -2.45. The number of hydrogen-bond acceptors (Lipinski definition) is 9. The molecule has 2 N–H and O–H groups in total. The zero-order valence-electron chi connectivity index (χ0n) is 31.2. The van der Waals surface area contributed by atoms with Crippen LogP contribution in [0.15, 0.2) is 55.2 Å². The molecule has 4 aromatic heterocycles. The summed E-state index contributed by atoms with van der Waals surface area (Å²) in [4.78, 5) is 63.9. The van der Waals surface area contributed by atoms with E-state index in [0.29, 0.717) is 67.3 Å². The van der Waals surface area contributed by atoms with E-state index < -0.39 is 29.4 Å². The Morgan fingerprint density at radius 1 is 0.964 bits per heavy atom. The van der Waals surface area contributed by atoms with Crippen molar-refractivity contribution >= 4 is 40.6 Å². The number of imide groups is 1. The Bertz CT molecular complexity index is 2330. The molecular formula is C40H43F2N9O5. The van der Waals surface area contributed by atoms with Crippen LogP contribution in [-0.2, 0) is 14.4 Å². The molecule has 292 valence electrons. The fourth-order valence-electron chi connectivity index (χ4n) is 8.12. The number of hydrogen-bond donors (Lipinski definition) is 2. The Balaban J connectivity index is 0.862. The molecule has 0 radical (unpaired) electrons. The Kier molecular flexibility index (Phi) is 10.2. The minimum Gasteiger partial charge on any atom is -0.490 e. The van der Waals surface area contributed by atoms with Gasteiger partial charge in [-0.2, -0.15) is 5.10 Å². The summed E-state index contributed by atoms with van der Waals surface area (Å²) in [6.45, 7) is 6.36. The van der Waals surface area contributed by atoms with Gasteiger partial charge in [-0.05, 0) is 88.7 Å². The number of piperidine rings is 3. The van der Waals surface area contributed by atoms with Crippen LogP contribution in [-0.4, -0.2) is 96.2 Å². The lowest BCUT2D eigenvalue weighted by molar-refractivity contribution is -0.135. The molecule has 3 aliphatic rings. The standard InChI is InChI=1S/C40H43F2N9O5/c1-23(2)56-34-18-35-45-33(21-50(35)20-29(34)40(55)46-32-19-44-51-11-3-10-43-38(32)51)25-8-14-49(15-9-25)37(53)22-48-12-6-24(7-13-48)27-16-31(42)28(17-30(27)41)26-4-5-36(52)47-39(26)54/h3,10-11,16-21,23-26H,4-9,12-15,22H2,1-2H3,(H,46,55)(H,47,52,54). The first-order chi connectivity index (χ1) is 27.0. The highest BCUT2D eigenvalue weighted by atomic mass is 19.1. The van der Waals surface area contributed by atoms with Crippen LogP contribution < -0.4 is 15.4 Å². The van der Waals surface area contributed by atoms with E-state index in [2.05, 4.69) is 25.6 Å². The molecule has 1 unspecified atom stereocenters. The van der Waals surface area contributed by atoms with Crippen LogP contribution in [0, 0.1) is 11.6 Å². The van der Waals surface area contributed by atoms with Crippen molar-refractivity contribution in [3.8, 4) is 5.75 Å². The van der Waals surface area contributed by atoms with Crippen LogP contribution >= 0.6 is 0 Å². The van der Waals surface area contributed by atoms with E-state index in [4.69, 9.17) is 9.72 Å². The molecule has 16 heteroatoms. The van der Waals surface area contributed by atoms with E-state index in [1.165, 1.54) is 6.07 Å². The average molecular weight is 768 g/mol. The van der Waals surface area contributed by atoms with Gasteiger partial charge in [-0.3, -0.25) is 29.4 Å². The predicted molar refractivity (Wildman–Crippen MR) is 200 cm³/mol. The van der Waals surface area contributed by atoms with E-state index in [0.717, 1.165) is 24.6 Å². The monoisotopic (exact) mass is 767 g/mol. The summed E-state index contributed by atoms with van der Waals surface area (Å²) in [5.74, 6) is -3.10. The fourth-order valence-corrected chi connectivity index (χ4v) is 8.12. The van der Waals surface area contributed by atoms with Gasteiger partial charge in [0.25, 0.3) is 5.91 Å². The van der Waals surface area contributed by atoms with Gasteiger partial charge in [0.2, 0.25) is 17.7 Å². The van der Waals surface area contributed by atoms with Gasteiger partial charge < -0.3 is 19.4 Å². The SMILES string of the molecule is CC(C)Oc1cc2nc(C3CCN(C(=O)CN4CCC(c5cc(F)c(C6CCC(=O)NC6=O)cc5F)CC4)CC3)cn2cc1C(=O)Nc1cnn2cccnc12. The highest BCUT2D eigenvalue weighted by Gasteiger charge is 2.33. The van der Waals surface area contributed by atoms with Crippen molar-refractivity contribution in [2.24, 2.45) is 0 Å². The number of anilines is 1. The number of nitrogens with zero attached hydrogens (tertiary/aromatic N) is 7. The largest absolute Gasteiger partial charge is 0.490 e. The molecule has 3 fully saturated rings. The van der Waals surface area contributed by atoms with Gasteiger partial charge in [-0.1, -0.05) is 0 Å². The Labute approximate surface area is 321 Å². The summed E-state index contributed by atoms with van der Waals surface area (Å²) in [6, 6.07) is 5.83. The highest BCUT2D eigenvalue weighted by Crippen LogP contribution is 2.35. The van der Waals surface area contributed by atoms with Gasteiger partial charge in [0.15, 0.2) is 5.65 Å². The third-order valence-electron chi connectivity index (χ3n) is 11.1. The number of rotatable bonds is 9. The van der Waals surface area contributed by atoms with E-state index >= 15 is 8.78 Å². The molecule has 0 saturated carbocycles. The van der Waals surface area contributed by atoms with E-state index in [1.54, 1.807) is 41.4 Å². The second-order valence-corrected chi connectivity index (χ2v) is 15.2. The summed E-state index contributed by atoms with van der Waals surface area (Å²) in [7, 11) is 0. The first-order valence-corrected chi connectivity index (χ1v) is 19.1. The maximum atomic E-state index is 15.3. The van der Waals surface area contributed by atoms with Crippen molar-refractivity contribution in [2.75, 3.05) is 38.0 Å². The molecule has 4 amide bonds. The normalized spacial score (nSPS) is 18.9. The second kappa shape index (κ2) is 15.4. The lowest BCUT2D eigenvalue weighted by Gasteiger charge is -2.35. The van der Waals surface area contributed by atoms with Crippen molar-refractivity contribution in [3.05, 3.63) is 89.3 Å². The molecule has 7 heterocycles. The zero-order valence-corrected chi connectivity index (χ0v) is 31.2. The van der Waals surface area contributed by atoms with Gasteiger partial charge in [0.1, 0.15) is 28.7 Å². The third-order valence-corrected chi connectivity index (χ3v) is 11.1. The number of likely N-dealkylation sites (tertiary alicyclic amines) is 2. The molecule has 1 aromatic carbocycles. The van der Waals surface area contributed by atoms with Crippen molar-refractivity contribution in [2.45, 2.75) is 76.2 Å². The second-order valence-electron chi connectivity index (χ2n) is 15.2. The number of pyridine rings is 1. The van der Waals surface area contributed by atoms with E-state index in [1.807, 2.05) is 29.3 Å². The fraction of sp³-hybridized carbons (Fsp3) is 0.425. The number of carbonyl (C=O) groups is 4. The first-order valence-electron chi connectivity index (χ1n) is 19.1. The van der Waals surface area contributed by atoms with Gasteiger partial charge in [-0.25, -0.2) is 23.3 Å². The molecule has 8 rings (SSSR count). The number of carbonyl (C=O) groups excluding carboxylic acids is 4. The highest BCUT2D eigenvalue weighted by molar-refractivity contribution is 6.07. The number of benzene rings is 1. The topological polar surface area (TPSA) is 156 Å². The predicted octanol–water partition coefficient (Wildman–Crippen LogP) is 4.80. The van der Waals surface area contributed by atoms with Crippen LogP contribution in [0.5, 0.6) is 5.75 Å². The Hall–Kier alpha value is -5.77. The summed E-state index contributed by atoms with van der Waals surface area (Å²) in [5.41, 5.74) is 3.13. The van der Waals surface area contributed by atoms with Crippen molar-refractivity contribution in [1.82, 2.24) is 39.1 Å². The smallest absolute Gasteiger partial charge is 0.261 e. The summed E-state index contributed by atoms with van der Waals surface area (Å²) in [5, 5.41) is 9.37.